The summed E-state index contributed by atoms with van der Waals surface area (Å²) in [6.45, 7) is 5.33. The fraction of sp³-hybridized carbons (Fsp3) is 0.619. The molecule has 0 bridgehead atoms. The molecule has 1 aromatic rings. The molecule has 3 saturated heterocycles. The van der Waals surface area contributed by atoms with Crippen molar-refractivity contribution in [2.24, 2.45) is 11.3 Å². The molecule has 2 N–H and O–H groups in total. The predicted molar refractivity (Wildman–Crippen MR) is 113 cm³/mol. The zero-order valence-electron chi connectivity index (χ0n) is 16.4. The Kier molecular flexibility index (Phi) is 6.83. The van der Waals surface area contributed by atoms with E-state index in [0.717, 1.165) is 57.5 Å². The van der Waals surface area contributed by atoms with E-state index in [-0.39, 0.29) is 24.4 Å². The highest BCUT2D eigenvalue weighted by atomic mass is 35.5. The maximum Gasteiger partial charge on any atom is 0.321 e. The van der Waals surface area contributed by atoms with Gasteiger partial charge in [0, 0.05) is 44.3 Å². The SMILES string of the molecule is Cl.O=C(Nc1ccccc1)N1CCC(C(=O)N2CCC3(CCNC3)CC2)CC1. The van der Waals surface area contributed by atoms with Crippen molar-refractivity contribution in [1.82, 2.24) is 15.1 Å². The maximum absolute atomic E-state index is 12.9. The van der Waals surface area contributed by atoms with Crippen LogP contribution in [-0.4, -0.2) is 61.0 Å². The van der Waals surface area contributed by atoms with Crippen LogP contribution in [0.3, 0.4) is 0 Å². The van der Waals surface area contributed by atoms with Gasteiger partial charge in [-0.25, -0.2) is 4.79 Å². The lowest BCUT2D eigenvalue weighted by Gasteiger charge is -2.41. The fourth-order valence-electron chi connectivity index (χ4n) is 4.74. The van der Waals surface area contributed by atoms with Crippen LogP contribution in [0, 0.1) is 11.3 Å². The van der Waals surface area contributed by atoms with E-state index in [9.17, 15) is 9.59 Å². The number of para-hydroxylation sites is 1. The van der Waals surface area contributed by atoms with E-state index in [1.54, 1.807) is 0 Å². The number of rotatable bonds is 2. The average molecular weight is 407 g/mol. The number of hydrogen-bond acceptors (Lipinski definition) is 3. The van der Waals surface area contributed by atoms with E-state index in [1.165, 1.54) is 6.42 Å². The molecule has 3 aliphatic rings. The Balaban J connectivity index is 0.00000225. The van der Waals surface area contributed by atoms with E-state index >= 15 is 0 Å². The Morgan fingerprint density at radius 1 is 0.964 bits per heavy atom. The van der Waals surface area contributed by atoms with Crippen LogP contribution in [0.4, 0.5) is 10.5 Å². The topological polar surface area (TPSA) is 64.7 Å². The van der Waals surface area contributed by atoms with Crippen molar-refractivity contribution in [3.05, 3.63) is 30.3 Å². The van der Waals surface area contributed by atoms with Crippen molar-refractivity contribution < 1.29 is 9.59 Å². The zero-order chi connectivity index (χ0) is 18.7. The second-order valence-electron chi connectivity index (χ2n) is 8.31. The fourth-order valence-corrected chi connectivity index (χ4v) is 4.74. The first-order valence-corrected chi connectivity index (χ1v) is 10.3. The van der Waals surface area contributed by atoms with Crippen LogP contribution in [0.25, 0.3) is 0 Å². The predicted octanol–water partition coefficient (Wildman–Crippen LogP) is 2.95. The van der Waals surface area contributed by atoms with E-state index in [0.29, 0.717) is 24.4 Å². The monoisotopic (exact) mass is 406 g/mol. The van der Waals surface area contributed by atoms with Crippen LogP contribution >= 0.6 is 12.4 Å². The summed E-state index contributed by atoms with van der Waals surface area (Å²) in [4.78, 5) is 29.2. The van der Waals surface area contributed by atoms with E-state index < -0.39 is 0 Å². The number of amides is 3. The lowest BCUT2D eigenvalue weighted by molar-refractivity contribution is -0.139. The molecule has 28 heavy (non-hydrogen) atoms. The molecular formula is C21H31ClN4O2. The number of carbonyl (C=O) groups excluding carboxylic acids is 2. The second-order valence-corrected chi connectivity index (χ2v) is 8.31. The van der Waals surface area contributed by atoms with Crippen molar-refractivity contribution in [2.45, 2.75) is 32.1 Å². The van der Waals surface area contributed by atoms with Gasteiger partial charge in [-0.15, -0.1) is 12.4 Å². The van der Waals surface area contributed by atoms with Crippen LogP contribution in [0.5, 0.6) is 0 Å². The molecule has 3 aliphatic heterocycles. The highest BCUT2D eigenvalue weighted by molar-refractivity contribution is 5.89. The molecular weight excluding hydrogens is 376 g/mol. The summed E-state index contributed by atoms with van der Waals surface area (Å²) in [6, 6.07) is 9.45. The van der Waals surface area contributed by atoms with Gasteiger partial charge in [-0.1, -0.05) is 18.2 Å². The minimum atomic E-state index is -0.0688. The first-order chi connectivity index (χ1) is 13.2. The number of halogens is 1. The van der Waals surface area contributed by atoms with Gasteiger partial charge in [0.2, 0.25) is 5.91 Å². The molecule has 6 nitrogen and oxygen atoms in total. The number of urea groups is 1. The Bertz CT molecular complexity index is 660. The molecule has 4 rings (SSSR count). The van der Waals surface area contributed by atoms with Gasteiger partial charge in [-0.05, 0) is 56.2 Å². The quantitative estimate of drug-likeness (QED) is 0.793. The van der Waals surface area contributed by atoms with Gasteiger partial charge < -0.3 is 20.4 Å². The molecule has 1 aromatic carbocycles. The summed E-state index contributed by atoms with van der Waals surface area (Å²) in [5.41, 5.74) is 1.25. The minimum absolute atomic E-state index is 0. The van der Waals surface area contributed by atoms with Gasteiger partial charge in [0.1, 0.15) is 0 Å². The average Bonchev–Trinajstić information content (AvgIpc) is 3.17. The Morgan fingerprint density at radius 3 is 2.25 bits per heavy atom. The van der Waals surface area contributed by atoms with Gasteiger partial charge >= 0.3 is 6.03 Å². The number of nitrogens with one attached hydrogen (secondary N) is 2. The van der Waals surface area contributed by atoms with Gasteiger partial charge in [0.15, 0.2) is 0 Å². The van der Waals surface area contributed by atoms with Gasteiger partial charge in [0.25, 0.3) is 0 Å². The van der Waals surface area contributed by atoms with Crippen molar-refractivity contribution >= 4 is 30.0 Å². The van der Waals surface area contributed by atoms with Crippen molar-refractivity contribution in [3.63, 3.8) is 0 Å². The number of benzene rings is 1. The molecule has 154 valence electrons. The molecule has 3 fully saturated rings. The molecule has 0 saturated carbocycles. The lowest BCUT2D eigenvalue weighted by Crippen LogP contribution is -2.49. The number of hydrogen-bond donors (Lipinski definition) is 2. The van der Waals surface area contributed by atoms with Crippen molar-refractivity contribution in [1.29, 1.82) is 0 Å². The number of anilines is 1. The summed E-state index contributed by atoms with van der Waals surface area (Å²) in [5.74, 6) is 0.375. The number of carbonyl (C=O) groups is 2. The third kappa shape index (κ3) is 4.61. The molecule has 3 heterocycles. The first-order valence-electron chi connectivity index (χ1n) is 10.3. The normalized spacial score (nSPS) is 22.0. The summed E-state index contributed by atoms with van der Waals surface area (Å²) in [5, 5.41) is 6.41. The lowest BCUT2D eigenvalue weighted by atomic mass is 9.77. The standard InChI is InChI=1S/C21H30N4O2.ClH/c26-19(24-14-9-21(10-15-24)8-11-22-16-21)17-6-12-25(13-7-17)20(27)23-18-4-2-1-3-5-18;/h1-5,17,22H,6-16H2,(H,23,27);1H. The van der Waals surface area contributed by atoms with Gasteiger partial charge in [-0.3, -0.25) is 4.79 Å². The van der Waals surface area contributed by atoms with Gasteiger partial charge in [0.05, 0.1) is 0 Å². The van der Waals surface area contributed by atoms with Crippen LogP contribution in [-0.2, 0) is 4.79 Å². The van der Waals surface area contributed by atoms with E-state index in [1.807, 2.05) is 35.2 Å². The molecule has 0 aromatic heterocycles. The van der Waals surface area contributed by atoms with Gasteiger partial charge in [-0.2, -0.15) is 0 Å². The van der Waals surface area contributed by atoms with Crippen molar-refractivity contribution in [3.8, 4) is 0 Å². The zero-order valence-corrected chi connectivity index (χ0v) is 17.2. The third-order valence-electron chi connectivity index (χ3n) is 6.62. The summed E-state index contributed by atoms with van der Waals surface area (Å²) < 4.78 is 0. The van der Waals surface area contributed by atoms with Crippen LogP contribution in [0.1, 0.15) is 32.1 Å². The highest BCUT2D eigenvalue weighted by Crippen LogP contribution is 2.37. The molecule has 0 aliphatic carbocycles. The summed E-state index contributed by atoms with van der Waals surface area (Å²) in [7, 11) is 0. The second kappa shape index (κ2) is 9.14. The molecule has 1 spiro atoms. The Morgan fingerprint density at radius 2 is 1.64 bits per heavy atom. The molecule has 7 heteroatoms. The molecule has 0 radical (unpaired) electrons. The minimum Gasteiger partial charge on any atom is -0.342 e. The van der Waals surface area contributed by atoms with Crippen LogP contribution < -0.4 is 10.6 Å². The highest BCUT2D eigenvalue weighted by Gasteiger charge is 2.39. The number of nitrogens with zero attached hydrogens (tertiary/aromatic N) is 2. The van der Waals surface area contributed by atoms with Crippen LogP contribution in [0.2, 0.25) is 0 Å². The summed E-state index contributed by atoms with van der Waals surface area (Å²) in [6.07, 6.45) is 5.05. The number of likely N-dealkylation sites (tertiary alicyclic amines) is 2. The van der Waals surface area contributed by atoms with E-state index in [4.69, 9.17) is 0 Å². The smallest absolute Gasteiger partial charge is 0.321 e. The third-order valence-corrected chi connectivity index (χ3v) is 6.62. The largest absolute Gasteiger partial charge is 0.342 e. The molecule has 3 amide bonds. The number of piperidine rings is 2. The van der Waals surface area contributed by atoms with E-state index in [2.05, 4.69) is 15.5 Å². The molecule has 0 unspecified atom stereocenters. The van der Waals surface area contributed by atoms with Crippen molar-refractivity contribution in [2.75, 3.05) is 44.6 Å². The van der Waals surface area contributed by atoms with Crippen LogP contribution in [0.15, 0.2) is 30.3 Å². The first kappa shape index (κ1) is 20.9. The summed E-state index contributed by atoms with van der Waals surface area (Å²) >= 11 is 0. The molecule has 0 atom stereocenters. The maximum atomic E-state index is 12.9. The Hall–Kier alpha value is -1.79. The Labute approximate surface area is 173 Å².